The molecule has 1 aliphatic heterocycles. The molecule has 4 heteroatoms. The molecule has 1 amide bonds. The van der Waals surface area contributed by atoms with Crippen LogP contribution in [0.2, 0.25) is 0 Å². The SMILES string of the molecule is CNCC1CCN(CC(=O)N(C(C)C)C(C)C)CC1. The number of hydrogen-bond acceptors (Lipinski definition) is 3. The molecule has 0 radical (unpaired) electrons. The second-order valence-corrected chi connectivity index (χ2v) is 6.27. The Morgan fingerprint density at radius 1 is 1.21 bits per heavy atom. The lowest BCUT2D eigenvalue weighted by molar-refractivity contribution is -0.136. The van der Waals surface area contributed by atoms with E-state index in [4.69, 9.17) is 0 Å². The van der Waals surface area contributed by atoms with Gasteiger partial charge in [0.15, 0.2) is 0 Å². The third kappa shape index (κ3) is 5.11. The Hall–Kier alpha value is -0.610. The maximum Gasteiger partial charge on any atom is 0.237 e. The van der Waals surface area contributed by atoms with Crippen LogP contribution in [0.4, 0.5) is 0 Å². The van der Waals surface area contributed by atoms with E-state index in [0.29, 0.717) is 6.54 Å². The van der Waals surface area contributed by atoms with E-state index in [1.165, 1.54) is 12.8 Å². The third-order valence-corrected chi connectivity index (χ3v) is 3.96. The van der Waals surface area contributed by atoms with Gasteiger partial charge >= 0.3 is 0 Å². The zero-order valence-electron chi connectivity index (χ0n) is 13.3. The van der Waals surface area contributed by atoms with Crippen LogP contribution in [-0.4, -0.2) is 61.0 Å². The molecule has 1 rings (SSSR count). The number of rotatable bonds is 6. The number of amides is 1. The Balaban J connectivity index is 2.41. The molecule has 0 spiro atoms. The van der Waals surface area contributed by atoms with Crippen molar-refractivity contribution in [1.29, 1.82) is 0 Å². The van der Waals surface area contributed by atoms with Crippen LogP contribution in [-0.2, 0) is 4.79 Å². The largest absolute Gasteiger partial charge is 0.337 e. The fraction of sp³-hybridized carbons (Fsp3) is 0.933. The maximum absolute atomic E-state index is 12.4. The minimum Gasteiger partial charge on any atom is -0.337 e. The molecule has 1 N–H and O–H groups in total. The van der Waals surface area contributed by atoms with Crippen LogP contribution in [0.15, 0.2) is 0 Å². The first kappa shape index (κ1) is 16.4. The molecule has 0 unspecified atom stereocenters. The zero-order chi connectivity index (χ0) is 14.4. The molecule has 0 atom stereocenters. The van der Waals surface area contributed by atoms with Crippen molar-refractivity contribution in [2.24, 2.45) is 5.92 Å². The summed E-state index contributed by atoms with van der Waals surface area (Å²) in [6.07, 6.45) is 2.41. The Kier molecular flexibility index (Phi) is 6.80. The third-order valence-electron chi connectivity index (χ3n) is 3.96. The number of carbonyl (C=O) groups excluding carboxylic acids is 1. The van der Waals surface area contributed by atoms with Crippen molar-refractivity contribution in [2.75, 3.05) is 33.2 Å². The summed E-state index contributed by atoms with van der Waals surface area (Å²) in [4.78, 5) is 16.7. The van der Waals surface area contributed by atoms with Gasteiger partial charge in [0.2, 0.25) is 5.91 Å². The second-order valence-electron chi connectivity index (χ2n) is 6.27. The van der Waals surface area contributed by atoms with Crippen molar-refractivity contribution in [1.82, 2.24) is 15.1 Å². The molecular formula is C15H31N3O. The predicted molar refractivity (Wildman–Crippen MR) is 80.2 cm³/mol. The van der Waals surface area contributed by atoms with Gasteiger partial charge < -0.3 is 10.2 Å². The zero-order valence-corrected chi connectivity index (χ0v) is 13.3. The van der Waals surface area contributed by atoms with Crippen molar-refractivity contribution in [3.05, 3.63) is 0 Å². The first-order valence-electron chi connectivity index (χ1n) is 7.63. The Bertz CT molecular complexity index is 263. The Morgan fingerprint density at radius 3 is 2.16 bits per heavy atom. The van der Waals surface area contributed by atoms with Gasteiger partial charge in [-0.25, -0.2) is 0 Å². The normalized spacial score (nSPS) is 18.3. The van der Waals surface area contributed by atoms with Gasteiger partial charge in [-0.3, -0.25) is 9.69 Å². The Labute approximate surface area is 118 Å². The number of carbonyl (C=O) groups is 1. The van der Waals surface area contributed by atoms with E-state index in [9.17, 15) is 4.79 Å². The van der Waals surface area contributed by atoms with Crippen LogP contribution in [0.5, 0.6) is 0 Å². The molecule has 1 fully saturated rings. The number of nitrogens with one attached hydrogen (secondary N) is 1. The maximum atomic E-state index is 12.4. The van der Waals surface area contributed by atoms with Crippen molar-refractivity contribution in [3.8, 4) is 0 Å². The summed E-state index contributed by atoms with van der Waals surface area (Å²) < 4.78 is 0. The molecule has 0 aliphatic carbocycles. The van der Waals surface area contributed by atoms with Crippen LogP contribution in [0.25, 0.3) is 0 Å². The summed E-state index contributed by atoms with van der Waals surface area (Å²) >= 11 is 0. The molecule has 112 valence electrons. The highest BCUT2D eigenvalue weighted by Crippen LogP contribution is 2.16. The molecule has 1 heterocycles. The predicted octanol–water partition coefficient (Wildman–Crippen LogP) is 1.56. The molecule has 0 bridgehead atoms. The molecule has 0 saturated carbocycles. The molecule has 0 aromatic heterocycles. The molecule has 0 aromatic rings. The average Bonchev–Trinajstić information content (AvgIpc) is 2.31. The summed E-state index contributed by atoms with van der Waals surface area (Å²) in [5.41, 5.74) is 0. The van der Waals surface area contributed by atoms with Gasteiger partial charge in [-0.05, 0) is 73.1 Å². The quantitative estimate of drug-likeness (QED) is 0.795. The van der Waals surface area contributed by atoms with Gasteiger partial charge in [-0.15, -0.1) is 0 Å². The minimum atomic E-state index is 0.275. The van der Waals surface area contributed by atoms with Crippen molar-refractivity contribution >= 4 is 5.91 Å². The van der Waals surface area contributed by atoms with Crippen LogP contribution < -0.4 is 5.32 Å². The summed E-state index contributed by atoms with van der Waals surface area (Å²) in [5, 5.41) is 3.25. The summed E-state index contributed by atoms with van der Waals surface area (Å²) in [7, 11) is 2.01. The topological polar surface area (TPSA) is 35.6 Å². The van der Waals surface area contributed by atoms with Gasteiger partial charge in [0.05, 0.1) is 6.54 Å². The first-order valence-corrected chi connectivity index (χ1v) is 7.63. The molecule has 19 heavy (non-hydrogen) atoms. The van der Waals surface area contributed by atoms with Crippen LogP contribution in [0.3, 0.4) is 0 Å². The molecule has 1 saturated heterocycles. The molecule has 0 aromatic carbocycles. The number of piperidine rings is 1. The van der Waals surface area contributed by atoms with Gasteiger partial charge in [-0.1, -0.05) is 0 Å². The molecule has 1 aliphatic rings. The van der Waals surface area contributed by atoms with Gasteiger partial charge in [0, 0.05) is 12.1 Å². The fourth-order valence-corrected chi connectivity index (χ4v) is 3.08. The smallest absolute Gasteiger partial charge is 0.237 e. The molecule has 4 nitrogen and oxygen atoms in total. The van der Waals surface area contributed by atoms with Crippen molar-refractivity contribution in [2.45, 2.75) is 52.6 Å². The second kappa shape index (κ2) is 7.85. The summed E-state index contributed by atoms with van der Waals surface area (Å²) in [6, 6.07) is 0.573. The summed E-state index contributed by atoms with van der Waals surface area (Å²) in [5.74, 6) is 1.06. The van der Waals surface area contributed by atoms with Gasteiger partial charge in [0.1, 0.15) is 0 Å². The van der Waals surface area contributed by atoms with Crippen LogP contribution in [0.1, 0.15) is 40.5 Å². The van der Waals surface area contributed by atoms with E-state index in [1.54, 1.807) is 0 Å². The summed E-state index contributed by atoms with van der Waals surface area (Å²) in [6.45, 7) is 12.2. The van der Waals surface area contributed by atoms with Crippen molar-refractivity contribution in [3.63, 3.8) is 0 Å². The lowest BCUT2D eigenvalue weighted by Gasteiger charge is -2.36. The average molecular weight is 269 g/mol. The fourth-order valence-electron chi connectivity index (χ4n) is 3.08. The van der Waals surface area contributed by atoms with Crippen LogP contribution in [0, 0.1) is 5.92 Å². The number of hydrogen-bond donors (Lipinski definition) is 1. The van der Waals surface area contributed by atoms with Gasteiger partial charge in [0.25, 0.3) is 0 Å². The van der Waals surface area contributed by atoms with Gasteiger partial charge in [-0.2, -0.15) is 0 Å². The van der Waals surface area contributed by atoms with E-state index in [2.05, 4.69) is 37.9 Å². The van der Waals surface area contributed by atoms with E-state index in [-0.39, 0.29) is 18.0 Å². The molecular weight excluding hydrogens is 238 g/mol. The van der Waals surface area contributed by atoms with E-state index in [0.717, 1.165) is 25.6 Å². The highest BCUT2D eigenvalue weighted by Gasteiger charge is 2.25. The van der Waals surface area contributed by atoms with E-state index >= 15 is 0 Å². The minimum absolute atomic E-state index is 0.275. The monoisotopic (exact) mass is 269 g/mol. The standard InChI is InChI=1S/C15H31N3O/c1-12(2)18(13(3)4)15(19)11-17-8-6-14(7-9-17)10-16-5/h12-14,16H,6-11H2,1-5H3. The highest BCUT2D eigenvalue weighted by atomic mass is 16.2. The Morgan fingerprint density at radius 2 is 1.74 bits per heavy atom. The lowest BCUT2D eigenvalue weighted by atomic mass is 9.97. The highest BCUT2D eigenvalue weighted by molar-refractivity contribution is 5.78. The number of nitrogens with zero attached hydrogens (tertiary/aromatic N) is 2. The first-order chi connectivity index (χ1) is 8.95. The van der Waals surface area contributed by atoms with E-state index < -0.39 is 0 Å². The lowest BCUT2D eigenvalue weighted by Crippen LogP contribution is -2.48. The van der Waals surface area contributed by atoms with Crippen LogP contribution >= 0.6 is 0 Å². The van der Waals surface area contributed by atoms with E-state index in [1.807, 2.05) is 11.9 Å². The van der Waals surface area contributed by atoms with Crippen molar-refractivity contribution < 1.29 is 4.79 Å². The number of likely N-dealkylation sites (tertiary alicyclic amines) is 1.